The minimum Gasteiger partial charge on any atom is -0.489 e. The third-order valence-electron chi connectivity index (χ3n) is 4.53. The van der Waals surface area contributed by atoms with Crippen molar-refractivity contribution in [3.05, 3.63) is 79.5 Å². The summed E-state index contributed by atoms with van der Waals surface area (Å²) >= 11 is 13.3. The van der Waals surface area contributed by atoms with Crippen molar-refractivity contribution in [2.45, 2.75) is 25.9 Å². The van der Waals surface area contributed by atoms with Crippen molar-refractivity contribution in [1.29, 1.82) is 0 Å². The van der Waals surface area contributed by atoms with E-state index >= 15 is 0 Å². The van der Waals surface area contributed by atoms with Crippen LogP contribution in [0.5, 0.6) is 5.75 Å². The lowest BCUT2D eigenvalue weighted by Gasteiger charge is -2.07. The Morgan fingerprint density at radius 2 is 1.89 bits per heavy atom. The highest BCUT2D eigenvalue weighted by atomic mass is 35.5. The van der Waals surface area contributed by atoms with Gasteiger partial charge in [-0.2, -0.15) is 0 Å². The molecule has 1 aromatic heterocycles. The number of fused-ring (bicyclic) bond motifs is 1. The number of carbonyl (C=O) groups excluding carboxylic acids is 1. The van der Waals surface area contributed by atoms with Crippen molar-refractivity contribution in [3.8, 4) is 5.75 Å². The van der Waals surface area contributed by atoms with Crippen molar-refractivity contribution in [1.82, 2.24) is 0 Å². The Morgan fingerprint density at radius 3 is 2.74 bits per heavy atom. The molecule has 0 aliphatic heterocycles. The van der Waals surface area contributed by atoms with E-state index in [1.165, 1.54) is 28.9 Å². The molecule has 1 aliphatic rings. The van der Waals surface area contributed by atoms with Crippen LogP contribution in [0.4, 0.5) is 5.69 Å². The molecule has 0 spiro atoms. The van der Waals surface area contributed by atoms with E-state index < -0.39 is 0 Å². The van der Waals surface area contributed by atoms with Crippen LogP contribution in [0.25, 0.3) is 0 Å². The normalized spacial score (nSPS) is 12.7. The maximum atomic E-state index is 12.4. The van der Waals surface area contributed by atoms with E-state index in [1.54, 1.807) is 18.2 Å². The third-order valence-corrected chi connectivity index (χ3v) is 6.25. The van der Waals surface area contributed by atoms with Crippen molar-refractivity contribution < 1.29 is 9.53 Å². The molecule has 0 saturated heterocycles. The quantitative estimate of drug-likeness (QED) is 0.523. The summed E-state index contributed by atoms with van der Waals surface area (Å²) in [4.78, 5) is 13.0. The van der Waals surface area contributed by atoms with Crippen LogP contribution < -0.4 is 10.1 Å². The number of anilines is 1. The lowest BCUT2D eigenvalue weighted by atomic mass is 10.1. The summed E-state index contributed by atoms with van der Waals surface area (Å²) in [6.45, 7) is 0.440. The summed E-state index contributed by atoms with van der Waals surface area (Å²) in [5, 5.41) is 5.63. The molecule has 1 N–H and O–H groups in total. The molecule has 1 heterocycles. The highest BCUT2D eigenvalue weighted by molar-refractivity contribution is 7.12. The average Bonchev–Trinajstić information content (AvgIpc) is 3.31. The number of thiophene rings is 1. The number of hydrogen-bond donors (Lipinski definition) is 1. The minimum absolute atomic E-state index is 0.179. The number of carbonyl (C=O) groups is 1. The number of ether oxygens (including phenoxy) is 1. The summed E-state index contributed by atoms with van der Waals surface area (Å²) < 4.78 is 5.90. The van der Waals surface area contributed by atoms with Gasteiger partial charge in [0.1, 0.15) is 12.4 Å². The Morgan fingerprint density at radius 1 is 1.04 bits per heavy atom. The molecule has 0 fully saturated rings. The first-order valence-electron chi connectivity index (χ1n) is 8.67. The van der Waals surface area contributed by atoms with Crippen molar-refractivity contribution >= 4 is 46.1 Å². The van der Waals surface area contributed by atoms with Crippen LogP contribution in [0, 0.1) is 0 Å². The molecule has 3 nitrogen and oxygen atoms in total. The Balaban J connectivity index is 1.37. The number of hydrogen-bond acceptors (Lipinski definition) is 3. The van der Waals surface area contributed by atoms with E-state index in [9.17, 15) is 4.79 Å². The van der Waals surface area contributed by atoms with Gasteiger partial charge in [-0.1, -0.05) is 29.3 Å². The summed E-state index contributed by atoms with van der Waals surface area (Å²) in [6, 6.07) is 13.2. The largest absolute Gasteiger partial charge is 0.489 e. The third kappa shape index (κ3) is 4.29. The summed E-state index contributed by atoms with van der Waals surface area (Å²) in [5.74, 6) is 0.700. The fraction of sp³-hybridized carbons (Fsp3) is 0.190. The first-order valence-corrected chi connectivity index (χ1v) is 10.3. The molecular formula is C21H17Cl2NO2S. The molecule has 1 aliphatic carbocycles. The van der Waals surface area contributed by atoms with Crippen LogP contribution >= 0.6 is 34.5 Å². The van der Waals surface area contributed by atoms with Crippen LogP contribution in [0.1, 0.15) is 32.8 Å². The maximum Gasteiger partial charge on any atom is 0.265 e. The van der Waals surface area contributed by atoms with Gasteiger partial charge < -0.3 is 10.1 Å². The van der Waals surface area contributed by atoms with Gasteiger partial charge in [0, 0.05) is 11.3 Å². The molecule has 0 atom stereocenters. The van der Waals surface area contributed by atoms with Gasteiger partial charge in [0.15, 0.2) is 0 Å². The first kappa shape index (κ1) is 18.4. The van der Waals surface area contributed by atoms with Crippen LogP contribution in [0.2, 0.25) is 10.0 Å². The van der Waals surface area contributed by atoms with Gasteiger partial charge in [-0.15, -0.1) is 11.3 Å². The Bertz CT molecular complexity index is 1000. The van der Waals surface area contributed by atoms with Gasteiger partial charge >= 0.3 is 0 Å². The summed E-state index contributed by atoms with van der Waals surface area (Å²) in [7, 11) is 0. The highest BCUT2D eigenvalue weighted by Gasteiger charge is 2.13. The molecule has 0 unspecified atom stereocenters. The van der Waals surface area contributed by atoms with Crippen LogP contribution in [0.15, 0.2) is 47.8 Å². The van der Waals surface area contributed by atoms with E-state index in [0.717, 1.165) is 24.2 Å². The second-order valence-electron chi connectivity index (χ2n) is 6.47. The van der Waals surface area contributed by atoms with E-state index in [2.05, 4.69) is 17.4 Å². The lowest BCUT2D eigenvalue weighted by molar-refractivity contribution is 0.103. The van der Waals surface area contributed by atoms with Gasteiger partial charge in [0.05, 0.1) is 14.9 Å². The topological polar surface area (TPSA) is 38.3 Å². The zero-order chi connectivity index (χ0) is 18.8. The Kier molecular flexibility index (Phi) is 5.39. The first-order chi connectivity index (χ1) is 13.1. The minimum atomic E-state index is -0.179. The van der Waals surface area contributed by atoms with Crippen molar-refractivity contribution in [2.75, 3.05) is 5.32 Å². The van der Waals surface area contributed by atoms with E-state index in [4.69, 9.17) is 27.9 Å². The van der Waals surface area contributed by atoms with Crippen molar-refractivity contribution in [2.24, 2.45) is 0 Å². The van der Waals surface area contributed by atoms with Gasteiger partial charge in [0.25, 0.3) is 5.91 Å². The molecule has 6 heteroatoms. The summed E-state index contributed by atoms with van der Waals surface area (Å²) in [5.41, 5.74) is 4.40. The zero-order valence-corrected chi connectivity index (χ0v) is 16.8. The number of halogens is 2. The second kappa shape index (κ2) is 7.93. The molecule has 2 aromatic carbocycles. The van der Waals surface area contributed by atoms with Crippen LogP contribution in [-0.2, 0) is 19.4 Å². The standard InChI is InChI=1S/C21H17Cl2NO2S/c22-18-7-5-16(10-19(18)23)24-21(25)20-8-13(12-27-20)11-26-17-6-4-14-2-1-3-15(14)9-17/h4-10,12H,1-3,11H2,(H,24,25). The van der Waals surface area contributed by atoms with E-state index in [0.29, 0.717) is 27.2 Å². The molecule has 0 radical (unpaired) electrons. The number of amides is 1. The molecule has 27 heavy (non-hydrogen) atoms. The molecule has 4 rings (SSSR count). The van der Waals surface area contributed by atoms with E-state index in [-0.39, 0.29) is 5.91 Å². The lowest BCUT2D eigenvalue weighted by Crippen LogP contribution is -2.10. The predicted octanol–water partition coefficient (Wildman–Crippen LogP) is 6.37. The summed E-state index contributed by atoms with van der Waals surface area (Å²) in [6.07, 6.45) is 3.52. The molecule has 0 saturated carbocycles. The molecular weight excluding hydrogens is 401 g/mol. The highest BCUT2D eigenvalue weighted by Crippen LogP contribution is 2.28. The van der Waals surface area contributed by atoms with Gasteiger partial charge in [-0.05, 0) is 72.2 Å². The predicted molar refractivity (Wildman–Crippen MR) is 112 cm³/mol. The van der Waals surface area contributed by atoms with Gasteiger partial charge in [0.2, 0.25) is 0 Å². The second-order valence-corrected chi connectivity index (χ2v) is 8.20. The number of aryl methyl sites for hydroxylation is 2. The Labute approximate surface area is 171 Å². The number of nitrogens with one attached hydrogen (secondary N) is 1. The number of rotatable bonds is 5. The zero-order valence-electron chi connectivity index (χ0n) is 14.4. The SMILES string of the molecule is O=C(Nc1ccc(Cl)c(Cl)c1)c1cc(COc2ccc3c(c2)CCC3)cs1. The van der Waals surface area contributed by atoms with Crippen LogP contribution in [-0.4, -0.2) is 5.91 Å². The van der Waals surface area contributed by atoms with Crippen molar-refractivity contribution in [3.63, 3.8) is 0 Å². The molecule has 0 bridgehead atoms. The van der Waals surface area contributed by atoms with Gasteiger partial charge in [-0.25, -0.2) is 0 Å². The monoisotopic (exact) mass is 417 g/mol. The van der Waals surface area contributed by atoms with Crippen LogP contribution in [0.3, 0.4) is 0 Å². The Hall–Kier alpha value is -2.01. The maximum absolute atomic E-state index is 12.4. The van der Waals surface area contributed by atoms with E-state index in [1.807, 2.05) is 17.5 Å². The molecule has 138 valence electrons. The molecule has 3 aromatic rings. The van der Waals surface area contributed by atoms with Gasteiger partial charge in [-0.3, -0.25) is 4.79 Å². The number of benzene rings is 2. The fourth-order valence-corrected chi connectivity index (χ4v) is 4.23. The molecule has 1 amide bonds. The average molecular weight is 418 g/mol. The smallest absolute Gasteiger partial charge is 0.265 e. The fourth-order valence-electron chi connectivity index (χ4n) is 3.14.